The summed E-state index contributed by atoms with van der Waals surface area (Å²) >= 11 is 0. The summed E-state index contributed by atoms with van der Waals surface area (Å²) in [4.78, 5) is 4.34. The number of hydrogen-bond donors (Lipinski definition) is 0. The van der Waals surface area contributed by atoms with E-state index in [4.69, 9.17) is 10.00 Å². The molecule has 0 bridgehead atoms. The Hall–Kier alpha value is -1.99. The number of fused-ring (bicyclic) bond motifs is 3. The molecule has 2 aliphatic rings. The highest BCUT2D eigenvalue weighted by Gasteiger charge is 2.50. The lowest BCUT2D eigenvalue weighted by Gasteiger charge is -2.25. The predicted octanol–water partition coefficient (Wildman–Crippen LogP) is 2.83. The fraction of sp³-hybridized carbons (Fsp3) is 0.400. The first-order chi connectivity index (χ1) is 9.10. The minimum atomic E-state index is -0.443. The molecule has 2 heterocycles. The van der Waals surface area contributed by atoms with Crippen LogP contribution in [0.15, 0.2) is 36.0 Å². The van der Waals surface area contributed by atoms with Gasteiger partial charge in [-0.25, -0.2) is 0 Å². The molecule has 1 unspecified atom stereocenters. The Kier molecular flexibility index (Phi) is 2.54. The summed E-state index contributed by atoms with van der Waals surface area (Å²) < 4.78 is 6.16. The third-order valence-electron chi connectivity index (χ3n) is 3.76. The van der Waals surface area contributed by atoms with Gasteiger partial charge in [0.1, 0.15) is 5.60 Å². The highest BCUT2D eigenvalue weighted by atomic mass is 16.6. The Morgan fingerprint density at radius 2 is 2.05 bits per heavy atom. The summed E-state index contributed by atoms with van der Waals surface area (Å²) in [6.07, 6.45) is 1.45. The van der Waals surface area contributed by atoms with Crippen LogP contribution in [0.4, 0.5) is 11.4 Å². The molecule has 0 saturated carbocycles. The van der Waals surface area contributed by atoms with E-state index in [1.165, 1.54) is 0 Å². The Morgan fingerprint density at radius 3 is 2.68 bits per heavy atom. The summed E-state index contributed by atoms with van der Waals surface area (Å²) in [6.45, 7) is 6.99. The topological polar surface area (TPSA) is 39.5 Å². The van der Waals surface area contributed by atoms with Gasteiger partial charge in [-0.05, 0) is 32.9 Å². The maximum absolute atomic E-state index is 9.03. The molecule has 3 rings (SSSR count). The minimum Gasteiger partial charge on any atom is -0.328 e. The molecule has 0 N–H and O–H groups in total. The van der Waals surface area contributed by atoms with Gasteiger partial charge in [0.2, 0.25) is 6.35 Å². The van der Waals surface area contributed by atoms with Crippen LogP contribution in [0.5, 0.6) is 0 Å². The summed E-state index contributed by atoms with van der Waals surface area (Å²) in [6, 6.07) is 10.4. The molecule has 2 aliphatic heterocycles. The lowest BCUT2D eigenvalue weighted by molar-refractivity contribution is -0.00116. The van der Waals surface area contributed by atoms with Crippen LogP contribution in [0.25, 0.3) is 0 Å². The first kappa shape index (κ1) is 12.1. The van der Waals surface area contributed by atoms with Gasteiger partial charge in [0, 0.05) is 12.6 Å². The summed E-state index contributed by atoms with van der Waals surface area (Å²) in [5.41, 5.74) is 2.75. The average molecular weight is 255 g/mol. The highest BCUT2D eigenvalue weighted by Crippen LogP contribution is 2.49. The number of allylic oxidation sites excluding steroid dienone is 1. The molecule has 1 aromatic rings. The number of rotatable bonds is 1. The second-order valence-corrected chi connectivity index (χ2v) is 5.26. The first-order valence-corrected chi connectivity index (χ1v) is 6.53. The molecule has 1 aromatic carbocycles. The fourth-order valence-corrected chi connectivity index (χ4v) is 2.90. The third-order valence-corrected chi connectivity index (χ3v) is 3.76. The molecule has 4 nitrogen and oxygen atoms in total. The molecule has 0 amide bonds. The molecule has 19 heavy (non-hydrogen) atoms. The molecule has 0 aliphatic carbocycles. The van der Waals surface area contributed by atoms with Crippen molar-refractivity contribution in [2.45, 2.75) is 32.7 Å². The van der Waals surface area contributed by atoms with Crippen molar-refractivity contribution in [3.8, 4) is 6.07 Å². The van der Waals surface area contributed by atoms with Gasteiger partial charge in [-0.3, -0.25) is 4.90 Å². The van der Waals surface area contributed by atoms with Gasteiger partial charge in [-0.2, -0.15) is 5.26 Å². The van der Waals surface area contributed by atoms with Crippen molar-refractivity contribution in [2.24, 2.45) is 0 Å². The number of para-hydroxylation sites is 2. The minimum absolute atomic E-state index is 0.142. The van der Waals surface area contributed by atoms with E-state index in [0.717, 1.165) is 23.6 Å². The van der Waals surface area contributed by atoms with Crippen molar-refractivity contribution in [2.75, 3.05) is 16.3 Å². The third kappa shape index (κ3) is 1.55. The number of anilines is 2. The SMILES string of the molecule is CCN1c2ccccc2N2/C(=C/C#N)C(C)(C)OC12. The van der Waals surface area contributed by atoms with Crippen molar-refractivity contribution < 1.29 is 4.74 Å². The van der Waals surface area contributed by atoms with Crippen LogP contribution < -0.4 is 9.80 Å². The average Bonchev–Trinajstić information content (AvgIpc) is 2.81. The van der Waals surface area contributed by atoms with Crippen molar-refractivity contribution in [1.82, 2.24) is 0 Å². The van der Waals surface area contributed by atoms with E-state index in [-0.39, 0.29) is 6.35 Å². The van der Waals surface area contributed by atoms with E-state index < -0.39 is 5.60 Å². The van der Waals surface area contributed by atoms with E-state index in [1.807, 2.05) is 26.0 Å². The number of nitriles is 1. The zero-order valence-corrected chi connectivity index (χ0v) is 11.4. The summed E-state index contributed by atoms with van der Waals surface area (Å²) in [5, 5.41) is 9.03. The quantitative estimate of drug-likeness (QED) is 0.723. The van der Waals surface area contributed by atoms with Crippen molar-refractivity contribution in [3.63, 3.8) is 0 Å². The van der Waals surface area contributed by atoms with Crippen LogP contribution in [0.2, 0.25) is 0 Å². The van der Waals surface area contributed by atoms with E-state index >= 15 is 0 Å². The molecule has 1 fully saturated rings. The largest absolute Gasteiger partial charge is 0.328 e. The highest BCUT2D eigenvalue weighted by molar-refractivity contribution is 5.80. The first-order valence-electron chi connectivity index (χ1n) is 6.53. The van der Waals surface area contributed by atoms with E-state index in [1.54, 1.807) is 6.08 Å². The summed E-state index contributed by atoms with van der Waals surface area (Å²) in [5.74, 6) is 0. The standard InChI is InChI=1S/C15H17N3O/c1-4-17-11-7-5-6-8-12(11)18-13(9-10-16)15(2,3)19-14(17)18/h5-9,14H,4H2,1-3H3/b13-9+. The number of ether oxygens (including phenoxy) is 1. The zero-order chi connectivity index (χ0) is 13.6. The second-order valence-electron chi connectivity index (χ2n) is 5.26. The Balaban J connectivity index is 2.17. The van der Waals surface area contributed by atoms with Gasteiger partial charge in [0.15, 0.2) is 0 Å². The van der Waals surface area contributed by atoms with Gasteiger partial charge in [-0.1, -0.05) is 12.1 Å². The van der Waals surface area contributed by atoms with Crippen molar-refractivity contribution in [3.05, 3.63) is 36.0 Å². The van der Waals surface area contributed by atoms with Crippen LogP contribution in [-0.2, 0) is 4.74 Å². The number of nitrogens with zero attached hydrogens (tertiary/aromatic N) is 3. The van der Waals surface area contributed by atoms with Gasteiger partial charge in [0.05, 0.1) is 23.1 Å². The molecule has 98 valence electrons. The van der Waals surface area contributed by atoms with Crippen LogP contribution in [0, 0.1) is 11.3 Å². The maximum atomic E-state index is 9.03. The molecule has 0 spiro atoms. The van der Waals surface area contributed by atoms with Gasteiger partial charge >= 0.3 is 0 Å². The fourth-order valence-electron chi connectivity index (χ4n) is 2.90. The smallest absolute Gasteiger partial charge is 0.215 e. The summed E-state index contributed by atoms with van der Waals surface area (Å²) in [7, 11) is 0. The van der Waals surface area contributed by atoms with Gasteiger partial charge < -0.3 is 9.64 Å². The van der Waals surface area contributed by atoms with E-state index in [2.05, 4.69) is 34.9 Å². The second kappa shape index (κ2) is 4.01. The van der Waals surface area contributed by atoms with Gasteiger partial charge in [0.25, 0.3) is 0 Å². The Labute approximate surface area is 113 Å². The number of benzene rings is 1. The van der Waals surface area contributed by atoms with Crippen LogP contribution in [0.1, 0.15) is 20.8 Å². The predicted molar refractivity (Wildman–Crippen MR) is 74.6 cm³/mol. The lowest BCUT2D eigenvalue weighted by Crippen LogP contribution is -2.39. The van der Waals surface area contributed by atoms with Crippen LogP contribution in [-0.4, -0.2) is 18.5 Å². The van der Waals surface area contributed by atoms with Gasteiger partial charge in [-0.15, -0.1) is 0 Å². The molecule has 4 heteroatoms. The molecular weight excluding hydrogens is 238 g/mol. The van der Waals surface area contributed by atoms with E-state index in [0.29, 0.717) is 0 Å². The van der Waals surface area contributed by atoms with E-state index in [9.17, 15) is 0 Å². The molecule has 0 radical (unpaired) electrons. The van der Waals surface area contributed by atoms with Crippen LogP contribution in [0.3, 0.4) is 0 Å². The number of hydrogen-bond acceptors (Lipinski definition) is 4. The van der Waals surface area contributed by atoms with Crippen LogP contribution >= 0.6 is 0 Å². The molecular formula is C15H17N3O. The maximum Gasteiger partial charge on any atom is 0.215 e. The van der Waals surface area contributed by atoms with Crippen molar-refractivity contribution >= 4 is 11.4 Å². The zero-order valence-electron chi connectivity index (χ0n) is 11.4. The Bertz CT molecular complexity index is 585. The normalized spacial score (nSPS) is 25.4. The van der Waals surface area contributed by atoms with Crippen molar-refractivity contribution in [1.29, 1.82) is 5.26 Å². The molecule has 1 atom stereocenters. The molecule has 0 aromatic heterocycles. The Morgan fingerprint density at radius 1 is 1.37 bits per heavy atom. The lowest BCUT2D eigenvalue weighted by atomic mass is 10.0. The molecule has 1 saturated heterocycles. The monoisotopic (exact) mass is 255 g/mol.